The fourth-order valence-corrected chi connectivity index (χ4v) is 2.24. The second kappa shape index (κ2) is 5.45. The minimum atomic E-state index is 0.571. The van der Waals surface area contributed by atoms with Crippen molar-refractivity contribution in [3.05, 3.63) is 29.9 Å². The number of hydrogen-bond donors (Lipinski definition) is 1. The van der Waals surface area contributed by atoms with Crippen LogP contribution in [0.2, 0.25) is 0 Å². The van der Waals surface area contributed by atoms with Gasteiger partial charge < -0.3 is 9.40 Å². The van der Waals surface area contributed by atoms with Gasteiger partial charge in [0.25, 0.3) is 0 Å². The zero-order valence-electron chi connectivity index (χ0n) is 11.8. The van der Waals surface area contributed by atoms with Crippen molar-refractivity contribution in [1.82, 2.24) is 20.2 Å². The fourth-order valence-electron chi connectivity index (χ4n) is 2.24. The van der Waals surface area contributed by atoms with Crippen LogP contribution in [-0.2, 0) is 12.8 Å². The maximum absolute atomic E-state index is 5.66. The molecule has 20 heavy (non-hydrogen) atoms. The summed E-state index contributed by atoms with van der Waals surface area (Å²) < 4.78 is 5.66. The smallest absolute Gasteiger partial charge is 0.247 e. The van der Waals surface area contributed by atoms with Crippen LogP contribution >= 0.6 is 0 Å². The van der Waals surface area contributed by atoms with Gasteiger partial charge in [-0.1, -0.05) is 13.8 Å². The van der Waals surface area contributed by atoms with Gasteiger partial charge in [-0.2, -0.15) is 0 Å². The highest BCUT2D eigenvalue weighted by Gasteiger charge is 2.10. The van der Waals surface area contributed by atoms with Crippen molar-refractivity contribution >= 4 is 11.0 Å². The van der Waals surface area contributed by atoms with E-state index in [1.165, 1.54) is 0 Å². The average molecular weight is 270 g/mol. The van der Waals surface area contributed by atoms with Crippen LogP contribution in [0.4, 0.5) is 0 Å². The molecule has 5 nitrogen and oxygen atoms in total. The monoisotopic (exact) mass is 270 g/mol. The minimum absolute atomic E-state index is 0.571. The summed E-state index contributed by atoms with van der Waals surface area (Å²) in [5.41, 5.74) is 2.92. The van der Waals surface area contributed by atoms with Crippen LogP contribution in [0.5, 0.6) is 0 Å². The number of H-pyrrole nitrogens is 1. The second-order valence-electron chi connectivity index (χ2n) is 4.92. The summed E-state index contributed by atoms with van der Waals surface area (Å²) in [5, 5.41) is 8.16. The molecule has 0 fully saturated rings. The summed E-state index contributed by atoms with van der Waals surface area (Å²) in [6, 6.07) is 5.98. The highest BCUT2D eigenvalue weighted by molar-refractivity contribution is 5.80. The Labute approximate surface area is 117 Å². The molecule has 0 aliphatic rings. The molecule has 0 bridgehead atoms. The van der Waals surface area contributed by atoms with E-state index in [-0.39, 0.29) is 0 Å². The fraction of sp³-hybridized carbons (Fsp3) is 0.400. The van der Waals surface area contributed by atoms with Gasteiger partial charge in [-0.3, -0.25) is 0 Å². The molecule has 0 aliphatic heterocycles. The maximum Gasteiger partial charge on any atom is 0.247 e. The molecule has 0 amide bonds. The van der Waals surface area contributed by atoms with Gasteiger partial charge in [-0.25, -0.2) is 4.98 Å². The number of rotatable bonds is 5. The first-order valence-electron chi connectivity index (χ1n) is 7.11. The Kier molecular flexibility index (Phi) is 3.50. The molecule has 0 spiro atoms. The van der Waals surface area contributed by atoms with E-state index in [2.05, 4.69) is 34.0 Å². The molecule has 3 aromatic rings. The van der Waals surface area contributed by atoms with Crippen LogP contribution in [0.1, 0.15) is 38.4 Å². The van der Waals surface area contributed by atoms with Crippen molar-refractivity contribution in [1.29, 1.82) is 0 Å². The van der Waals surface area contributed by atoms with Gasteiger partial charge >= 0.3 is 0 Å². The SMILES string of the molecule is CCCc1nc2ccc(-c3nnc(CCC)o3)cc2[nH]1. The molecule has 104 valence electrons. The second-order valence-corrected chi connectivity index (χ2v) is 4.92. The number of nitrogens with zero attached hydrogens (tertiary/aromatic N) is 3. The third-order valence-corrected chi connectivity index (χ3v) is 3.20. The lowest BCUT2D eigenvalue weighted by Crippen LogP contribution is -1.83. The van der Waals surface area contributed by atoms with Gasteiger partial charge in [-0.15, -0.1) is 10.2 Å². The summed E-state index contributed by atoms with van der Waals surface area (Å²) in [6.45, 7) is 4.24. The Hall–Kier alpha value is -2.17. The van der Waals surface area contributed by atoms with Crippen LogP contribution in [0.3, 0.4) is 0 Å². The first kappa shape index (κ1) is 12.8. The van der Waals surface area contributed by atoms with Crippen LogP contribution < -0.4 is 0 Å². The number of aryl methyl sites for hydroxylation is 2. The topological polar surface area (TPSA) is 67.6 Å². The number of nitrogens with one attached hydrogen (secondary N) is 1. The van der Waals surface area contributed by atoms with E-state index in [1.807, 2.05) is 18.2 Å². The van der Waals surface area contributed by atoms with Crippen molar-refractivity contribution in [3.8, 4) is 11.5 Å². The molecule has 1 N–H and O–H groups in total. The van der Waals surface area contributed by atoms with Crippen molar-refractivity contribution in [2.45, 2.75) is 39.5 Å². The third-order valence-electron chi connectivity index (χ3n) is 3.20. The lowest BCUT2D eigenvalue weighted by atomic mass is 10.2. The van der Waals surface area contributed by atoms with E-state index in [4.69, 9.17) is 4.42 Å². The molecule has 3 rings (SSSR count). The molecule has 0 atom stereocenters. The van der Waals surface area contributed by atoms with Crippen LogP contribution in [0, 0.1) is 0 Å². The minimum Gasteiger partial charge on any atom is -0.421 e. The Bertz CT molecular complexity index is 714. The van der Waals surface area contributed by atoms with E-state index < -0.39 is 0 Å². The van der Waals surface area contributed by atoms with Gasteiger partial charge in [0.15, 0.2) is 0 Å². The predicted octanol–water partition coefficient (Wildman–Crippen LogP) is 3.52. The van der Waals surface area contributed by atoms with Gasteiger partial charge in [0.1, 0.15) is 5.82 Å². The molecular formula is C15H18N4O. The number of benzene rings is 1. The largest absolute Gasteiger partial charge is 0.421 e. The van der Waals surface area contributed by atoms with Gasteiger partial charge in [0.05, 0.1) is 11.0 Å². The lowest BCUT2D eigenvalue weighted by Gasteiger charge is -1.94. The van der Waals surface area contributed by atoms with Gasteiger partial charge in [-0.05, 0) is 31.0 Å². The van der Waals surface area contributed by atoms with E-state index >= 15 is 0 Å². The molecule has 1 aromatic carbocycles. The predicted molar refractivity (Wildman–Crippen MR) is 77.4 cm³/mol. The Morgan fingerprint density at radius 2 is 1.95 bits per heavy atom. The summed E-state index contributed by atoms with van der Waals surface area (Å²) in [6.07, 6.45) is 3.86. The molecular weight excluding hydrogens is 252 g/mol. The zero-order chi connectivity index (χ0) is 13.9. The van der Waals surface area contributed by atoms with Crippen molar-refractivity contribution < 1.29 is 4.42 Å². The van der Waals surface area contributed by atoms with E-state index in [0.29, 0.717) is 11.8 Å². The van der Waals surface area contributed by atoms with Crippen molar-refractivity contribution in [2.24, 2.45) is 0 Å². The maximum atomic E-state index is 5.66. The Morgan fingerprint density at radius 3 is 2.75 bits per heavy atom. The zero-order valence-corrected chi connectivity index (χ0v) is 11.8. The highest BCUT2D eigenvalue weighted by Crippen LogP contribution is 2.23. The standard InChI is InChI=1S/C15H18N4O/c1-3-5-13-16-11-8-7-10(9-12(11)17-13)15-19-18-14(20-15)6-4-2/h7-9H,3-6H2,1-2H3,(H,16,17). The van der Waals surface area contributed by atoms with Crippen LogP contribution in [0.25, 0.3) is 22.5 Å². The molecule has 0 radical (unpaired) electrons. The summed E-state index contributed by atoms with van der Waals surface area (Å²) in [4.78, 5) is 7.89. The molecule has 0 saturated carbocycles. The lowest BCUT2D eigenvalue weighted by molar-refractivity contribution is 0.502. The van der Waals surface area contributed by atoms with E-state index in [1.54, 1.807) is 0 Å². The van der Waals surface area contributed by atoms with E-state index in [0.717, 1.165) is 48.1 Å². The Balaban J connectivity index is 1.94. The molecule has 2 aromatic heterocycles. The highest BCUT2D eigenvalue weighted by atomic mass is 16.4. The summed E-state index contributed by atoms with van der Waals surface area (Å²) in [7, 11) is 0. The van der Waals surface area contributed by atoms with Gasteiger partial charge in [0, 0.05) is 18.4 Å². The number of fused-ring (bicyclic) bond motifs is 1. The molecule has 5 heteroatoms. The van der Waals surface area contributed by atoms with Crippen LogP contribution in [-0.4, -0.2) is 20.2 Å². The number of hydrogen-bond acceptors (Lipinski definition) is 4. The quantitative estimate of drug-likeness (QED) is 0.770. The Morgan fingerprint density at radius 1 is 1.10 bits per heavy atom. The number of aromatic amines is 1. The third kappa shape index (κ3) is 2.43. The van der Waals surface area contributed by atoms with Crippen molar-refractivity contribution in [3.63, 3.8) is 0 Å². The molecule has 2 heterocycles. The summed E-state index contributed by atoms with van der Waals surface area (Å²) in [5.74, 6) is 2.29. The van der Waals surface area contributed by atoms with Crippen molar-refractivity contribution in [2.75, 3.05) is 0 Å². The normalized spacial score (nSPS) is 11.3. The number of imidazole rings is 1. The molecule has 0 aliphatic carbocycles. The summed E-state index contributed by atoms with van der Waals surface area (Å²) >= 11 is 0. The van der Waals surface area contributed by atoms with Gasteiger partial charge in [0.2, 0.25) is 11.8 Å². The average Bonchev–Trinajstić information content (AvgIpc) is 3.04. The number of aromatic nitrogens is 4. The van der Waals surface area contributed by atoms with Crippen LogP contribution in [0.15, 0.2) is 22.6 Å². The molecule has 0 saturated heterocycles. The first-order valence-corrected chi connectivity index (χ1v) is 7.11. The molecule has 0 unspecified atom stereocenters. The first-order chi connectivity index (χ1) is 9.80. The van der Waals surface area contributed by atoms with E-state index in [9.17, 15) is 0 Å².